The number of amides is 2. The lowest BCUT2D eigenvalue weighted by molar-refractivity contribution is 0.197. The van der Waals surface area contributed by atoms with Crippen LogP contribution in [0.2, 0.25) is 0 Å². The number of hydrogen-bond donors (Lipinski definition) is 1. The van der Waals surface area contributed by atoms with Crippen molar-refractivity contribution in [2.45, 2.75) is 26.3 Å². The van der Waals surface area contributed by atoms with E-state index in [4.69, 9.17) is 0 Å². The molecule has 1 aromatic rings. The minimum atomic E-state index is -0.624. The van der Waals surface area contributed by atoms with Crippen molar-refractivity contribution in [1.82, 2.24) is 15.1 Å². The van der Waals surface area contributed by atoms with E-state index >= 15 is 0 Å². The Hall–Kier alpha value is -1.69. The highest BCUT2D eigenvalue weighted by Gasteiger charge is 2.29. The number of carbonyl (C=O) groups is 1. The Morgan fingerprint density at radius 3 is 2.67 bits per heavy atom. The highest BCUT2D eigenvalue weighted by Crippen LogP contribution is 2.26. The van der Waals surface area contributed by atoms with E-state index in [1.807, 2.05) is 27.9 Å². The van der Waals surface area contributed by atoms with Gasteiger partial charge in [-0.2, -0.15) is 0 Å². The van der Waals surface area contributed by atoms with Crippen molar-refractivity contribution in [2.24, 2.45) is 11.8 Å². The number of hydrogen-bond acceptors (Lipinski definition) is 2. The summed E-state index contributed by atoms with van der Waals surface area (Å²) >= 11 is 0. The van der Waals surface area contributed by atoms with Gasteiger partial charge in [0.25, 0.3) is 0 Å². The lowest BCUT2D eigenvalue weighted by Crippen LogP contribution is -2.42. The maximum absolute atomic E-state index is 14.1. The van der Waals surface area contributed by atoms with E-state index < -0.39 is 17.7 Å². The molecule has 0 bridgehead atoms. The standard InChI is InChI=1S/C18H27F2N3O/c1-12(2)17(15-6-5-14(19)9-16(15)20)21-18(24)23-8-7-13(11-23)10-22(3)4/h5-6,9,12-13,17H,7-8,10-11H2,1-4H3,(H,21,24). The first kappa shape index (κ1) is 18.6. The van der Waals surface area contributed by atoms with Crippen LogP contribution in [0.1, 0.15) is 31.9 Å². The van der Waals surface area contributed by atoms with E-state index in [0.717, 1.165) is 19.0 Å². The van der Waals surface area contributed by atoms with Gasteiger partial charge in [0.1, 0.15) is 11.6 Å². The van der Waals surface area contributed by atoms with Gasteiger partial charge >= 0.3 is 6.03 Å². The summed E-state index contributed by atoms with van der Waals surface area (Å²) < 4.78 is 27.2. The van der Waals surface area contributed by atoms with E-state index in [-0.39, 0.29) is 11.9 Å². The Bertz CT molecular complexity index is 577. The Kier molecular flexibility index (Phi) is 6.15. The van der Waals surface area contributed by atoms with E-state index in [9.17, 15) is 13.6 Å². The quantitative estimate of drug-likeness (QED) is 0.894. The average Bonchev–Trinajstić information content (AvgIpc) is 2.92. The Labute approximate surface area is 142 Å². The second-order valence-corrected chi connectivity index (χ2v) is 7.20. The van der Waals surface area contributed by atoms with Crippen LogP contribution in [0.25, 0.3) is 0 Å². The molecule has 1 aliphatic heterocycles. The van der Waals surface area contributed by atoms with Crippen molar-refractivity contribution in [3.8, 4) is 0 Å². The van der Waals surface area contributed by atoms with Gasteiger partial charge in [-0.25, -0.2) is 13.6 Å². The van der Waals surface area contributed by atoms with Gasteiger partial charge in [0.15, 0.2) is 0 Å². The summed E-state index contributed by atoms with van der Waals surface area (Å²) in [6.07, 6.45) is 0.975. The molecule has 1 heterocycles. The second-order valence-electron chi connectivity index (χ2n) is 7.20. The summed E-state index contributed by atoms with van der Waals surface area (Å²) in [6, 6.07) is 2.83. The number of benzene rings is 1. The molecule has 2 unspecified atom stereocenters. The average molecular weight is 339 g/mol. The Balaban J connectivity index is 2.04. The first-order chi connectivity index (χ1) is 11.3. The molecule has 0 radical (unpaired) electrons. The van der Waals surface area contributed by atoms with Crippen LogP contribution in [-0.2, 0) is 0 Å². The minimum Gasteiger partial charge on any atom is -0.331 e. The number of likely N-dealkylation sites (tertiary alicyclic amines) is 1. The third kappa shape index (κ3) is 4.66. The van der Waals surface area contributed by atoms with E-state index in [2.05, 4.69) is 10.2 Å². The molecule has 2 rings (SSSR count). The lowest BCUT2D eigenvalue weighted by atomic mass is 9.95. The number of halogens is 2. The van der Waals surface area contributed by atoms with E-state index in [0.29, 0.717) is 24.6 Å². The first-order valence-electron chi connectivity index (χ1n) is 8.43. The number of urea groups is 1. The molecule has 134 valence electrons. The number of nitrogens with zero attached hydrogens (tertiary/aromatic N) is 2. The van der Waals surface area contributed by atoms with Crippen molar-refractivity contribution in [3.63, 3.8) is 0 Å². The SMILES string of the molecule is CC(C)C(NC(=O)N1CCC(CN(C)C)C1)c1ccc(F)cc1F. The van der Waals surface area contributed by atoms with Gasteiger partial charge in [-0.05, 0) is 38.4 Å². The monoisotopic (exact) mass is 339 g/mol. The molecule has 4 nitrogen and oxygen atoms in total. The van der Waals surface area contributed by atoms with Crippen molar-refractivity contribution < 1.29 is 13.6 Å². The predicted octanol–water partition coefficient (Wildman–Crippen LogP) is 3.26. The molecule has 2 atom stereocenters. The topological polar surface area (TPSA) is 35.6 Å². The Morgan fingerprint density at radius 2 is 2.08 bits per heavy atom. The maximum atomic E-state index is 14.1. The zero-order valence-electron chi connectivity index (χ0n) is 14.9. The van der Waals surface area contributed by atoms with Gasteiger partial charge in [-0.3, -0.25) is 0 Å². The van der Waals surface area contributed by atoms with Gasteiger partial charge < -0.3 is 15.1 Å². The summed E-state index contributed by atoms with van der Waals surface area (Å²) in [5, 5.41) is 2.92. The molecule has 1 saturated heterocycles. The van der Waals surface area contributed by atoms with Crippen LogP contribution >= 0.6 is 0 Å². The summed E-state index contributed by atoms with van der Waals surface area (Å²) in [4.78, 5) is 16.5. The predicted molar refractivity (Wildman–Crippen MR) is 90.7 cm³/mol. The van der Waals surface area contributed by atoms with Crippen LogP contribution in [0.4, 0.5) is 13.6 Å². The molecule has 6 heteroatoms. The largest absolute Gasteiger partial charge is 0.331 e. The molecule has 0 spiro atoms. The van der Waals surface area contributed by atoms with Crippen LogP contribution in [-0.4, -0.2) is 49.6 Å². The molecular formula is C18H27F2N3O. The fraction of sp³-hybridized carbons (Fsp3) is 0.611. The molecule has 24 heavy (non-hydrogen) atoms. The maximum Gasteiger partial charge on any atom is 0.317 e. The van der Waals surface area contributed by atoms with Gasteiger partial charge in [-0.15, -0.1) is 0 Å². The summed E-state index contributed by atoms with van der Waals surface area (Å²) in [6.45, 7) is 6.19. The normalized spacial score (nSPS) is 19.2. The molecule has 0 aliphatic carbocycles. The fourth-order valence-corrected chi connectivity index (χ4v) is 3.26. The second kappa shape index (κ2) is 7.92. The summed E-state index contributed by atoms with van der Waals surface area (Å²) in [5.74, 6) is -0.781. The first-order valence-corrected chi connectivity index (χ1v) is 8.43. The number of carbonyl (C=O) groups excluding carboxylic acids is 1. The van der Waals surface area contributed by atoms with Gasteiger partial charge in [0.2, 0.25) is 0 Å². The van der Waals surface area contributed by atoms with Crippen LogP contribution in [0.15, 0.2) is 18.2 Å². The van der Waals surface area contributed by atoms with Crippen LogP contribution in [0.3, 0.4) is 0 Å². The highest BCUT2D eigenvalue weighted by atomic mass is 19.1. The van der Waals surface area contributed by atoms with Crippen LogP contribution in [0.5, 0.6) is 0 Å². The molecule has 0 aromatic heterocycles. The molecule has 2 amide bonds. The number of rotatable bonds is 5. The summed E-state index contributed by atoms with van der Waals surface area (Å²) in [5.41, 5.74) is 0.323. The molecule has 1 fully saturated rings. The smallest absolute Gasteiger partial charge is 0.317 e. The third-order valence-corrected chi connectivity index (χ3v) is 4.44. The van der Waals surface area contributed by atoms with Gasteiger partial charge in [0, 0.05) is 31.3 Å². The van der Waals surface area contributed by atoms with Crippen molar-refractivity contribution in [1.29, 1.82) is 0 Å². The van der Waals surface area contributed by atoms with Crippen LogP contribution < -0.4 is 5.32 Å². The third-order valence-electron chi connectivity index (χ3n) is 4.44. The van der Waals surface area contributed by atoms with Crippen molar-refractivity contribution >= 4 is 6.03 Å². The zero-order valence-corrected chi connectivity index (χ0v) is 14.9. The zero-order chi connectivity index (χ0) is 17.9. The molecule has 1 aromatic carbocycles. The van der Waals surface area contributed by atoms with E-state index in [1.165, 1.54) is 12.1 Å². The van der Waals surface area contributed by atoms with Crippen LogP contribution in [0, 0.1) is 23.5 Å². The van der Waals surface area contributed by atoms with Crippen molar-refractivity contribution in [3.05, 3.63) is 35.4 Å². The molecule has 1 N–H and O–H groups in total. The number of nitrogens with one attached hydrogen (secondary N) is 1. The Morgan fingerprint density at radius 1 is 1.38 bits per heavy atom. The van der Waals surface area contributed by atoms with Gasteiger partial charge in [-0.1, -0.05) is 19.9 Å². The highest BCUT2D eigenvalue weighted by molar-refractivity contribution is 5.75. The molecular weight excluding hydrogens is 312 g/mol. The molecule has 1 aliphatic rings. The van der Waals surface area contributed by atoms with Crippen molar-refractivity contribution in [2.75, 3.05) is 33.7 Å². The van der Waals surface area contributed by atoms with Gasteiger partial charge in [0.05, 0.1) is 6.04 Å². The molecule has 0 saturated carbocycles. The summed E-state index contributed by atoms with van der Waals surface area (Å²) in [7, 11) is 4.05. The van der Waals surface area contributed by atoms with E-state index in [1.54, 1.807) is 4.90 Å². The fourth-order valence-electron chi connectivity index (χ4n) is 3.26. The minimum absolute atomic E-state index is 0.00548. The lowest BCUT2D eigenvalue weighted by Gasteiger charge is -2.27.